The maximum atomic E-state index is 5.92. The molecule has 66 valence electrons. The zero-order valence-corrected chi connectivity index (χ0v) is 8.01. The summed E-state index contributed by atoms with van der Waals surface area (Å²) in [5.74, 6) is 0.822. The molecule has 2 aromatic carbocycles. The topological polar surface area (TPSA) is 9.23 Å². The third-order valence-corrected chi connectivity index (χ3v) is 2.23. The van der Waals surface area contributed by atoms with Crippen molar-refractivity contribution in [1.82, 2.24) is 0 Å². The largest absolute Gasteiger partial charge is 0.496 e. The average molecular weight is 193 g/mol. The van der Waals surface area contributed by atoms with Crippen molar-refractivity contribution >= 4 is 22.4 Å². The highest BCUT2D eigenvalue weighted by Gasteiger charge is 2.01. The van der Waals surface area contributed by atoms with Gasteiger partial charge in [0.05, 0.1) is 7.11 Å². The highest BCUT2D eigenvalue weighted by Crippen LogP contribution is 2.29. The van der Waals surface area contributed by atoms with Crippen LogP contribution in [0.15, 0.2) is 36.4 Å². The summed E-state index contributed by atoms with van der Waals surface area (Å²) in [7, 11) is 1.65. The number of fused-ring (bicyclic) bond motifs is 1. The van der Waals surface area contributed by atoms with E-state index in [9.17, 15) is 0 Å². The molecule has 0 bridgehead atoms. The standard InChI is InChI=1S/C11H9ClO/c1-13-11-7-9(12)6-8-4-2-3-5-10(8)11/h2-7H,1H3. The zero-order chi connectivity index (χ0) is 9.26. The number of hydrogen-bond acceptors (Lipinski definition) is 1. The van der Waals surface area contributed by atoms with Crippen LogP contribution in [0.1, 0.15) is 0 Å². The Morgan fingerprint density at radius 2 is 1.92 bits per heavy atom. The van der Waals surface area contributed by atoms with Crippen LogP contribution in [0.4, 0.5) is 0 Å². The Balaban J connectivity index is 2.81. The van der Waals surface area contributed by atoms with Gasteiger partial charge < -0.3 is 4.74 Å². The number of methoxy groups -OCH3 is 1. The monoisotopic (exact) mass is 192 g/mol. The molecule has 0 aliphatic heterocycles. The molecular weight excluding hydrogens is 184 g/mol. The van der Waals surface area contributed by atoms with E-state index in [1.807, 2.05) is 36.4 Å². The fourth-order valence-electron chi connectivity index (χ4n) is 1.41. The third-order valence-electron chi connectivity index (χ3n) is 2.01. The number of hydrogen-bond donors (Lipinski definition) is 0. The van der Waals surface area contributed by atoms with Gasteiger partial charge in [-0.15, -0.1) is 0 Å². The summed E-state index contributed by atoms with van der Waals surface area (Å²) in [4.78, 5) is 0. The lowest BCUT2D eigenvalue weighted by Crippen LogP contribution is -1.84. The Labute approximate surface area is 81.9 Å². The molecule has 0 saturated carbocycles. The van der Waals surface area contributed by atoms with Crippen molar-refractivity contribution < 1.29 is 4.74 Å². The van der Waals surface area contributed by atoms with Gasteiger partial charge in [0, 0.05) is 10.4 Å². The lowest BCUT2D eigenvalue weighted by molar-refractivity contribution is 0.420. The molecule has 1 nitrogen and oxygen atoms in total. The Morgan fingerprint density at radius 3 is 2.69 bits per heavy atom. The third kappa shape index (κ3) is 1.47. The first kappa shape index (κ1) is 8.39. The van der Waals surface area contributed by atoms with E-state index in [2.05, 4.69) is 0 Å². The minimum atomic E-state index is 0.704. The highest BCUT2D eigenvalue weighted by molar-refractivity contribution is 6.31. The van der Waals surface area contributed by atoms with Crippen LogP contribution in [0.2, 0.25) is 5.02 Å². The van der Waals surface area contributed by atoms with Crippen molar-refractivity contribution in [2.75, 3.05) is 7.11 Å². The predicted molar refractivity (Wildman–Crippen MR) is 55.5 cm³/mol. The molecule has 0 saturated heterocycles. The SMILES string of the molecule is COc1cc(Cl)cc2ccccc12. The summed E-state index contributed by atoms with van der Waals surface area (Å²) in [6.45, 7) is 0. The molecule has 2 rings (SSSR count). The normalized spacial score (nSPS) is 10.3. The van der Waals surface area contributed by atoms with Crippen molar-refractivity contribution in [3.63, 3.8) is 0 Å². The molecular formula is C11H9ClO. The number of halogens is 1. The van der Waals surface area contributed by atoms with E-state index in [1.165, 1.54) is 0 Å². The molecule has 0 radical (unpaired) electrons. The minimum absolute atomic E-state index is 0.704. The summed E-state index contributed by atoms with van der Waals surface area (Å²) in [6.07, 6.45) is 0. The smallest absolute Gasteiger partial charge is 0.128 e. The molecule has 0 fully saturated rings. The molecule has 2 heteroatoms. The summed E-state index contributed by atoms with van der Waals surface area (Å²) in [6, 6.07) is 11.8. The summed E-state index contributed by atoms with van der Waals surface area (Å²) in [5, 5.41) is 2.90. The maximum Gasteiger partial charge on any atom is 0.128 e. The van der Waals surface area contributed by atoms with Gasteiger partial charge in [-0.2, -0.15) is 0 Å². The number of benzene rings is 2. The first-order valence-electron chi connectivity index (χ1n) is 4.03. The molecule has 0 aliphatic rings. The van der Waals surface area contributed by atoms with E-state index >= 15 is 0 Å². The van der Waals surface area contributed by atoms with E-state index in [1.54, 1.807) is 7.11 Å². The lowest BCUT2D eigenvalue weighted by atomic mass is 10.1. The van der Waals surface area contributed by atoms with Crippen LogP contribution in [0.3, 0.4) is 0 Å². The molecule has 0 atom stereocenters. The second-order valence-electron chi connectivity index (χ2n) is 2.83. The molecule has 0 unspecified atom stereocenters. The Bertz CT molecular complexity index is 437. The first-order chi connectivity index (χ1) is 6.31. The highest BCUT2D eigenvalue weighted by atomic mass is 35.5. The molecule has 0 heterocycles. The first-order valence-corrected chi connectivity index (χ1v) is 4.41. The van der Waals surface area contributed by atoms with Gasteiger partial charge in [0.1, 0.15) is 5.75 Å². The van der Waals surface area contributed by atoms with Crippen molar-refractivity contribution in [3.8, 4) is 5.75 Å². The van der Waals surface area contributed by atoms with Gasteiger partial charge in [0.15, 0.2) is 0 Å². The van der Waals surface area contributed by atoms with Crippen LogP contribution in [-0.2, 0) is 0 Å². The second kappa shape index (κ2) is 3.27. The van der Waals surface area contributed by atoms with E-state index in [4.69, 9.17) is 16.3 Å². The average Bonchev–Trinajstić information content (AvgIpc) is 2.16. The van der Waals surface area contributed by atoms with Crippen LogP contribution < -0.4 is 4.74 Å². The predicted octanol–water partition coefficient (Wildman–Crippen LogP) is 3.50. The zero-order valence-electron chi connectivity index (χ0n) is 7.25. The van der Waals surface area contributed by atoms with Gasteiger partial charge in [-0.05, 0) is 17.5 Å². The molecule has 0 N–H and O–H groups in total. The van der Waals surface area contributed by atoms with Gasteiger partial charge in [0.25, 0.3) is 0 Å². The fraction of sp³-hybridized carbons (Fsp3) is 0.0909. The van der Waals surface area contributed by atoms with Crippen molar-refractivity contribution in [2.24, 2.45) is 0 Å². The minimum Gasteiger partial charge on any atom is -0.496 e. The van der Waals surface area contributed by atoms with Gasteiger partial charge in [0.2, 0.25) is 0 Å². The van der Waals surface area contributed by atoms with E-state index < -0.39 is 0 Å². The van der Waals surface area contributed by atoms with Gasteiger partial charge in [-0.1, -0.05) is 35.9 Å². The van der Waals surface area contributed by atoms with Gasteiger partial charge in [-0.25, -0.2) is 0 Å². The van der Waals surface area contributed by atoms with Crippen molar-refractivity contribution in [1.29, 1.82) is 0 Å². The quantitative estimate of drug-likeness (QED) is 0.672. The van der Waals surface area contributed by atoms with Crippen LogP contribution >= 0.6 is 11.6 Å². The van der Waals surface area contributed by atoms with E-state index in [0.717, 1.165) is 16.5 Å². The summed E-state index contributed by atoms with van der Waals surface area (Å²) >= 11 is 5.92. The summed E-state index contributed by atoms with van der Waals surface area (Å²) in [5.41, 5.74) is 0. The lowest BCUT2D eigenvalue weighted by Gasteiger charge is -2.05. The Hall–Kier alpha value is -1.21. The maximum absolute atomic E-state index is 5.92. The molecule has 0 amide bonds. The Kier molecular flexibility index (Phi) is 2.11. The molecule has 0 spiro atoms. The summed E-state index contributed by atoms with van der Waals surface area (Å²) < 4.78 is 5.22. The van der Waals surface area contributed by atoms with E-state index in [0.29, 0.717) is 5.02 Å². The fourth-order valence-corrected chi connectivity index (χ4v) is 1.63. The Morgan fingerprint density at radius 1 is 1.15 bits per heavy atom. The van der Waals surface area contributed by atoms with Crippen LogP contribution in [0.25, 0.3) is 10.8 Å². The molecule has 2 aromatic rings. The van der Waals surface area contributed by atoms with Crippen LogP contribution in [-0.4, -0.2) is 7.11 Å². The van der Waals surface area contributed by atoms with Gasteiger partial charge >= 0.3 is 0 Å². The second-order valence-corrected chi connectivity index (χ2v) is 3.27. The van der Waals surface area contributed by atoms with Crippen LogP contribution in [0, 0.1) is 0 Å². The molecule has 0 aromatic heterocycles. The molecule has 0 aliphatic carbocycles. The van der Waals surface area contributed by atoms with Crippen molar-refractivity contribution in [3.05, 3.63) is 41.4 Å². The number of ether oxygens (including phenoxy) is 1. The van der Waals surface area contributed by atoms with Crippen molar-refractivity contribution in [2.45, 2.75) is 0 Å². The molecule has 13 heavy (non-hydrogen) atoms. The van der Waals surface area contributed by atoms with E-state index in [-0.39, 0.29) is 0 Å². The van der Waals surface area contributed by atoms with Gasteiger partial charge in [-0.3, -0.25) is 0 Å². The van der Waals surface area contributed by atoms with Crippen LogP contribution in [0.5, 0.6) is 5.75 Å². The number of rotatable bonds is 1.